The summed E-state index contributed by atoms with van der Waals surface area (Å²) in [4.78, 5) is 14.1. The van der Waals surface area contributed by atoms with Crippen molar-refractivity contribution in [2.75, 3.05) is 27.2 Å². The topological polar surface area (TPSA) is 50.8 Å². The summed E-state index contributed by atoms with van der Waals surface area (Å²) < 4.78 is 34.0. The lowest BCUT2D eigenvalue weighted by molar-refractivity contribution is -0.122. The molecule has 0 aliphatic heterocycles. The van der Waals surface area contributed by atoms with Crippen molar-refractivity contribution in [2.24, 2.45) is 0 Å². The van der Waals surface area contributed by atoms with Gasteiger partial charge in [-0.1, -0.05) is 24.3 Å². The van der Waals surface area contributed by atoms with E-state index in [4.69, 9.17) is 4.74 Å². The number of carbonyl (C=O) groups is 1. The van der Waals surface area contributed by atoms with Crippen molar-refractivity contribution < 1.29 is 23.0 Å². The Balaban J connectivity index is 1.76. The SMILES string of the molecule is COc1c(C)cc(CN(C)CC(=O)NCCc2ccc(OC(F)F)cc2)cc1C. The Bertz CT molecular complexity index is 787. The molecular formula is C22H28F2N2O3. The van der Waals surface area contributed by atoms with Gasteiger partial charge in [0.05, 0.1) is 13.7 Å². The van der Waals surface area contributed by atoms with Gasteiger partial charge in [0.1, 0.15) is 11.5 Å². The molecule has 0 heterocycles. The Hall–Kier alpha value is -2.67. The van der Waals surface area contributed by atoms with E-state index in [-0.39, 0.29) is 18.2 Å². The molecule has 0 spiro atoms. The zero-order chi connectivity index (χ0) is 21.4. The van der Waals surface area contributed by atoms with Crippen LogP contribution in [0.15, 0.2) is 36.4 Å². The van der Waals surface area contributed by atoms with Crippen molar-refractivity contribution >= 4 is 5.91 Å². The number of nitrogens with zero attached hydrogens (tertiary/aromatic N) is 1. The first-order chi connectivity index (χ1) is 13.8. The number of halogens is 2. The van der Waals surface area contributed by atoms with Crippen molar-refractivity contribution in [1.82, 2.24) is 10.2 Å². The van der Waals surface area contributed by atoms with Gasteiger partial charge in [0.2, 0.25) is 5.91 Å². The second-order valence-electron chi connectivity index (χ2n) is 7.06. The average molecular weight is 406 g/mol. The highest BCUT2D eigenvalue weighted by Gasteiger charge is 2.10. The normalized spacial score (nSPS) is 11.0. The average Bonchev–Trinajstić information content (AvgIpc) is 2.62. The zero-order valence-corrected chi connectivity index (χ0v) is 17.3. The van der Waals surface area contributed by atoms with E-state index >= 15 is 0 Å². The number of amides is 1. The number of hydrogen-bond donors (Lipinski definition) is 1. The van der Waals surface area contributed by atoms with E-state index in [1.165, 1.54) is 12.1 Å². The van der Waals surface area contributed by atoms with E-state index in [1.54, 1.807) is 19.2 Å². The molecule has 0 saturated carbocycles. The number of alkyl halides is 2. The molecule has 29 heavy (non-hydrogen) atoms. The van der Waals surface area contributed by atoms with Crippen molar-refractivity contribution in [3.8, 4) is 11.5 Å². The maximum Gasteiger partial charge on any atom is 0.387 e. The maximum absolute atomic E-state index is 12.2. The number of rotatable bonds is 10. The quantitative estimate of drug-likeness (QED) is 0.654. The zero-order valence-electron chi connectivity index (χ0n) is 17.3. The number of aryl methyl sites for hydroxylation is 2. The summed E-state index contributed by atoms with van der Waals surface area (Å²) in [5, 5.41) is 2.88. The van der Waals surface area contributed by atoms with Crippen LogP contribution in [0.4, 0.5) is 8.78 Å². The fraction of sp³-hybridized carbons (Fsp3) is 0.409. The van der Waals surface area contributed by atoms with Crippen LogP contribution in [-0.4, -0.2) is 44.7 Å². The Morgan fingerprint density at radius 2 is 1.72 bits per heavy atom. The Morgan fingerprint density at radius 3 is 2.28 bits per heavy atom. The summed E-state index contributed by atoms with van der Waals surface area (Å²) in [6, 6.07) is 10.6. The van der Waals surface area contributed by atoms with Gasteiger partial charge in [0.25, 0.3) is 0 Å². The summed E-state index contributed by atoms with van der Waals surface area (Å²) in [6.45, 7) is 2.60. The van der Waals surface area contributed by atoms with Crippen molar-refractivity contribution in [1.29, 1.82) is 0 Å². The molecule has 2 rings (SSSR count). The molecule has 7 heteroatoms. The van der Waals surface area contributed by atoms with Crippen molar-refractivity contribution in [3.05, 3.63) is 58.7 Å². The van der Waals surface area contributed by atoms with Crippen molar-refractivity contribution in [3.63, 3.8) is 0 Å². The van der Waals surface area contributed by atoms with Crippen LogP contribution in [0.1, 0.15) is 22.3 Å². The molecule has 1 N–H and O–H groups in total. The predicted octanol–water partition coefficient (Wildman–Crippen LogP) is 3.70. The molecule has 0 aromatic heterocycles. The molecule has 5 nitrogen and oxygen atoms in total. The Kier molecular flexibility index (Phi) is 8.39. The van der Waals surface area contributed by atoms with E-state index in [0.29, 0.717) is 19.5 Å². The second-order valence-corrected chi connectivity index (χ2v) is 7.06. The minimum absolute atomic E-state index is 0.0629. The number of carbonyl (C=O) groups excluding carboxylic acids is 1. The van der Waals surface area contributed by atoms with Gasteiger partial charge in [-0.2, -0.15) is 8.78 Å². The summed E-state index contributed by atoms with van der Waals surface area (Å²) in [5.74, 6) is 0.952. The molecule has 0 aliphatic rings. The first-order valence-electron chi connectivity index (χ1n) is 9.41. The first kappa shape index (κ1) is 22.6. The number of hydrogen-bond acceptors (Lipinski definition) is 4. The van der Waals surface area contributed by atoms with Gasteiger partial charge in [0, 0.05) is 13.1 Å². The number of ether oxygens (including phenoxy) is 2. The molecule has 1 amide bonds. The third-order valence-corrected chi connectivity index (χ3v) is 4.47. The fourth-order valence-corrected chi connectivity index (χ4v) is 3.31. The van der Waals surface area contributed by atoms with E-state index in [9.17, 15) is 13.6 Å². The first-order valence-corrected chi connectivity index (χ1v) is 9.41. The fourth-order valence-electron chi connectivity index (χ4n) is 3.31. The lowest BCUT2D eigenvalue weighted by Gasteiger charge is -2.18. The standard InChI is InChI=1S/C22H28F2N2O3/c1-15-11-18(12-16(2)21(15)28-4)13-26(3)14-20(27)25-10-9-17-5-7-19(8-6-17)29-22(23)24/h5-8,11-12,22H,9-10,13-14H2,1-4H3,(H,25,27). The van der Waals surface area contributed by atoms with E-state index in [2.05, 4.69) is 22.2 Å². The summed E-state index contributed by atoms with van der Waals surface area (Å²) in [5.41, 5.74) is 4.21. The molecule has 0 unspecified atom stereocenters. The molecule has 2 aromatic rings. The number of likely N-dealkylation sites (N-methyl/N-ethyl adjacent to an activating group) is 1. The van der Waals surface area contributed by atoms with Crippen LogP contribution in [0.5, 0.6) is 11.5 Å². The van der Waals surface area contributed by atoms with Gasteiger partial charge in [-0.05, 0) is 61.7 Å². The van der Waals surface area contributed by atoms with E-state index in [1.807, 2.05) is 25.8 Å². The van der Waals surface area contributed by atoms with Crippen LogP contribution in [0, 0.1) is 13.8 Å². The van der Waals surface area contributed by atoms with Crippen LogP contribution < -0.4 is 14.8 Å². The molecular weight excluding hydrogens is 378 g/mol. The highest BCUT2D eigenvalue weighted by Crippen LogP contribution is 2.24. The van der Waals surface area contributed by atoms with Crippen LogP contribution in [0.3, 0.4) is 0 Å². The molecule has 158 valence electrons. The third-order valence-electron chi connectivity index (χ3n) is 4.47. The van der Waals surface area contributed by atoms with Gasteiger partial charge in [-0.25, -0.2) is 0 Å². The van der Waals surface area contributed by atoms with Crippen molar-refractivity contribution in [2.45, 2.75) is 33.4 Å². The Morgan fingerprint density at radius 1 is 1.10 bits per heavy atom. The van der Waals surface area contributed by atoms with Gasteiger partial charge < -0.3 is 14.8 Å². The van der Waals surface area contributed by atoms with Crippen LogP contribution in [0.25, 0.3) is 0 Å². The number of benzene rings is 2. The largest absolute Gasteiger partial charge is 0.496 e. The van der Waals surface area contributed by atoms with Crippen LogP contribution in [0.2, 0.25) is 0 Å². The predicted molar refractivity (Wildman–Crippen MR) is 109 cm³/mol. The minimum atomic E-state index is -2.83. The number of methoxy groups -OCH3 is 1. The number of nitrogens with one attached hydrogen (secondary N) is 1. The summed E-state index contributed by atoms with van der Waals surface area (Å²) in [7, 11) is 3.56. The monoisotopic (exact) mass is 406 g/mol. The van der Waals surface area contributed by atoms with Gasteiger partial charge in [-0.3, -0.25) is 9.69 Å². The summed E-state index contributed by atoms with van der Waals surface area (Å²) in [6.07, 6.45) is 0.612. The highest BCUT2D eigenvalue weighted by molar-refractivity contribution is 5.77. The molecule has 2 aromatic carbocycles. The molecule has 0 saturated heterocycles. The second kappa shape index (κ2) is 10.8. The van der Waals surface area contributed by atoms with Crippen LogP contribution in [-0.2, 0) is 17.8 Å². The minimum Gasteiger partial charge on any atom is -0.496 e. The summed E-state index contributed by atoms with van der Waals surface area (Å²) >= 11 is 0. The lowest BCUT2D eigenvalue weighted by atomic mass is 10.1. The van der Waals surface area contributed by atoms with E-state index < -0.39 is 6.61 Å². The van der Waals surface area contributed by atoms with Gasteiger partial charge >= 0.3 is 6.61 Å². The van der Waals surface area contributed by atoms with E-state index in [0.717, 1.165) is 28.0 Å². The van der Waals surface area contributed by atoms with Gasteiger partial charge in [-0.15, -0.1) is 0 Å². The third kappa shape index (κ3) is 7.34. The lowest BCUT2D eigenvalue weighted by Crippen LogP contribution is -2.35. The molecule has 0 atom stereocenters. The molecule has 0 bridgehead atoms. The Labute approximate surface area is 170 Å². The smallest absolute Gasteiger partial charge is 0.387 e. The highest BCUT2D eigenvalue weighted by atomic mass is 19.3. The molecule has 0 aliphatic carbocycles. The molecule has 0 radical (unpaired) electrons. The maximum atomic E-state index is 12.2. The van der Waals surface area contributed by atoms with Crippen LogP contribution >= 0.6 is 0 Å². The van der Waals surface area contributed by atoms with Gasteiger partial charge in [0.15, 0.2) is 0 Å². The molecule has 0 fully saturated rings.